The van der Waals surface area contributed by atoms with Crippen LogP contribution in [-0.4, -0.2) is 19.6 Å². The van der Waals surface area contributed by atoms with Gasteiger partial charge in [-0.3, -0.25) is 4.79 Å². The predicted molar refractivity (Wildman–Crippen MR) is 135 cm³/mol. The van der Waals surface area contributed by atoms with Gasteiger partial charge in [0.15, 0.2) is 0 Å². The molecular weight excluding hydrogens is 408 g/mol. The van der Waals surface area contributed by atoms with Crippen LogP contribution in [0.3, 0.4) is 0 Å². The highest BCUT2D eigenvalue weighted by Crippen LogP contribution is 2.27. The molecule has 0 unspecified atom stereocenters. The minimum atomic E-state index is 0.640. The number of para-hydroxylation sites is 2. The van der Waals surface area contributed by atoms with Gasteiger partial charge in [-0.1, -0.05) is 72.8 Å². The van der Waals surface area contributed by atoms with E-state index in [4.69, 9.17) is 9.84 Å². The third-order valence-corrected chi connectivity index (χ3v) is 5.18. The van der Waals surface area contributed by atoms with E-state index < -0.39 is 0 Å². The van der Waals surface area contributed by atoms with Crippen LogP contribution in [0.2, 0.25) is 0 Å². The van der Waals surface area contributed by atoms with Crippen LogP contribution in [-0.2, 0) is 0 Å². The number of aldehydes is 1. The summed E-state index contributed by atoms with van der Waals surface area (Å²) in [6.07, 6.45) is 4.63. The molecule has 4 aromatic carbocycles. The molecule has 33 heavy (non-hydrogen) atoms. The molecule has 4 nitrogen and oxygen atoms in total. The molecule has 4 aromatic rings. The van der Waals surface area contributed by atoms with Crippen LogP contribution in [0.15, 0.2) is 120 Å². The molecule has 0 radical (unpaired) electrons. The van der Waals surface area contributed by atoms with Gasteiger partial charge in [0.05, 0.1) is 18.5 Å². The van der Waals surface area contributed by atoms with Gasteiger partial charge >= 0.3 is 0 Å². The molecule has 0 aliphatic carbocycles. The molecule has 4 heteroatoms. The Morgan fingerprint density at radius 2 is 1.24 bits per heavy atom. The monoisotopic (exact) mass is 432 g/mol. The summed E-state index contributed by atoms with van der Waals surface area (Å²) in [6, 6.07) is 35.5. The number of ether oxygens (including phenoxy) is 1. The van der Waals surface area contributed by atoms with Gasteiger partial charge in [0, 0.05) is 11.8 Å². The maximum Gasteiger partial charge on any atom is 0.150 e. The number of hydrogen-bond acceptors (Lipinski definition) is 4. The van der Waals surface area contributed by atoms with Crippen molar-refractivity contribution in [2.75, 3.05) is 12.1 Å². The Balaban J connectivity index is 1.74. The Morgan fingerprint density at radius 1 is 0.727 bits per heavy atom. The number of nitrogens with zero attached hydrogens (tertiary/aromatic N) is 2. The van der Waals surface area contributed by atoms with Crippen molar-refractivity contribution in [2.45, 2.75) is 0 Å². The molecule has 0 atom stereocenters. The van der Waals surface area contributed by atoms with Crippen LogP contribution >= 0.6 is 0 Å². The van der Waals surface area contributed by atoms with Crippen molar-refractivity contribution in [2.24, 2.45) is 5.10 Å². The van der Waals surface area contributed by atoms with E-state index in [2.05, 4.69) is 0 Å². The summed E-state index contributed by atoms with van der Waals surface area (Å²) >= 11 is 0. The largest absolute Gasteiger partial charge is 0.497 e. The number of hydrogen-bond donors (Lipinski definition) is 0. The molecule has 0 aliphatic rings. The molecular formula is C29H24N2O2. The highest BCUT2D eigenvalue weighted by atomic mass is 16.5. The number of hydrazone groups is 1. The van der Waals surface area contributed by atoms with Crippen molar-refractivity contribution in [1.29, 1.82) is 0 Å². The van der Waals surface area contributed by atoms with Crippen molar-refractivity contribution >= 4 is 29.4 Å². The van der Waals surface area contributed by atoms with Gasteiger partial charge in [0.2, 0.25) is 0 Å². The van der Waals surface area contributed by atoms with E-state index in [0.29, 0.717) is 5.56 Å². The lowest BCUT2D eigenvalue weighted by atomic mass is 9.97. The number of carbonyl (C=O) groups is 1. The first-order valence-electron chi connectivity index (χ1n) is 10.6. The van der Waals surface area contributed by atoms with Crippen LogP contribution in [0.4, 0.5) is 11.4 Å². The SMILES string of the molecule is COc1ccc(/C(=C\C=N\N(c2ccccc2)c2ccccc2)c2ccc(C=O)cc2)cc1. The second-order valence-corrected chi connectivity index (χ2v) is 7.30. The molecule has 0 aromatic heterocycles. The molecule has 0 heterocycles. The average Bonchev–Trinajstić information content (AvgIpc) is 2.90. The van der Waals surface area contributed by atoms with Gasteiger partial charge in [0.25, 0.3) is 0 Å². The molecule has 0 aliphatic heterocycles. The summed E-state index contributed by atoms with van der Waals surface area (Å²) in [6.45, 7) is 0. The number of rotatable bonds is 8. The molecule has 0 bridgehead atoms. The van der Waals surface area contributed by atoms with E-state index in [0.717, 1.165) is 40.1 Å². The summed E-state index contributed by atoms with van der Waals surface area (Å²) in [5.41, 5.74) is 5.57. The maximum atomic E-state index is 11.1. The van der Waals surface area contributed by atoms with Crippen molar-refractivity contribution < 1.29 is 9.53 Å². The summed E-state index contributed by atoms with van der Waals surface area (Å²) in [7, 11) is 1.65. The van der Waals surface area contributed by atoms with Crippen molar-refractivity contribution in [3.63, 3.8) is 0 Å². The van der Waals surface area contributed by atoms with Gasteiger partial charge in [-0.2, -0.15) is 5.10 Å². The van der Waals surface area contributed by atoms with Crippen molar-refractivity contribution in [3.8, 4) is 5.75 Å². The zero-order valence-electron chi connectivity index (χ0n) is 18.3. The van der Waals surface area contributed by atoms with E-state index in [1.807, 2.05) is 120 Å². The molecule has 0 N–H and O–H groups in total. The van der Waals surface area contributed by atoms with Crippen molar-refractivity contribution in [1.82, 2.24) is 0 Å². The smallest absolute Gasteiger partial charge is 0.150 e. The molecule has 0 saturated carbocycles. The first-order chi connectivity index (χ1) is 16.3. The standard InChI is InChI=1S/C29H24N2O2/c1-33-28-18-16-25(17-19-28)29(24-14-12-23(22-32)13-15-24)20-21-30-31(26-8-4-2-5-9-26)27-10-6-3-7-11-27/h2-22H,1H3/b29-20-,30-21+. The number of allylic oxidation sites excluding steroid dienone is 1. The van der Waals surface area contributed by atoms with Crippen LogP contribution in [0.25, 0.3) is 5.57 Å². The molecule has 0 fully saturated rings. The van der Waals surface area contributed by atoms with Crippen LogP contribution < -0.4 is 9.75 Å². The fourth-order valence-corrected chi connectivity index (χ4v) is 3.47. The summed E-state index contributed by atoms with van der Waals surface area (Å²) < 4.78 is 5.30. The van der Waals surface area contributed by atoms with E-state index in [1.165, 1.54) is 0 Å². The zero-order valence-corrected chi connectivity index (χ0v) is 18.3. The zero-order chi connectivity index (χ0) is 22.9. The number of anilines is 2. The molecule has 0 amide bonds. The predicted octanol–water partition coefficient (Wildman–Crippen LogP) is 6.76. The Hall–Kier alpha value is -4.44. The van der Waals surface area contributed by atoms with Crippen molar-refractivity contribution in [3.05, 3.63) is 132 Å². The minimum absolute atomic E-state index is 0.640. The Labute approximate surface area is 194 Å². The van der Waals surface area contributed by atoms with E-state index in [-0.39, 0.29) is 0 Å². The fourth-order valence-electron chi connectivity index (χ4n) is 3.47. The molecule has 0 spiro atoms. The second-order valence-electron chi connectivity index (χ2n) is 7.30. The highest BCUT2D eigenvalue weighted by Gasteiger charge is 2.08. The number of benzene rings is 4. The average molecular weight is 433 g/mol. The summed E-state index contributed by atoms with van der Waals surface area (Å²) in [5.74, 6) is 0.794. The van der Waals surface area contributed by atoms with Crippen LogP contribution in [0.1, 0.15) is 21.5 Å². The maximum absolute atomic E-state index is 11.1. The molecule has 4 rings (SSSR count). The molecule has 162 valence electrons. The van der Waals surface area contributed by atoms with Gasteiger partial charge < -0.3 is 4.74 Å². The Bertz CT molecular complexity index is 1190. The quantitative estimate of drug-likeness (QED) is 0.175. The van der Waals surface area contributed by atoms with Gasteiger partial charge in [-0.25, -0.2) is 5.01 Å². The van der Waals surface area contributed by atoms with Gasteiger partial charge in [-0.05, 0) is 59.2 Å². The fraction of sp³-hybridized carbons (Fsp3) is 0.0345. The highest BCUT2D eigenvalue weighted by molar-refractivity contribution is 5.92. The van der Waals surface area contributed by atoms with E-state index in [1.54, 1.807) is 13.3 Å². The van der Waals surface area contributed by atoms with E-state index >= 15 is 0 Å². The van der Waals surface area contributed by atoms with E-state index in [9.17, 15) is 4.79 Å². The third kappa shape index (κ3) is 5.43. The lowest BCUT2D eigenvalue weighted by Gasteiger charge is -2.19. The normalized spacial score (nSPS) is 11.4. The Morgan fingerprint density at radius 3 is 1.73 bits per heavy atom. The first kappa shape index (κ1) is 21.8. The second kappa shape index (κ2) is 10.7. The Kier molecular flexibility index (Phi) is 7.08. The number of carbonyl (C=O) groups excluding carboxylic acids is 1. The lowest BCUT2D eigenvalue weighted by Crippen LogP contribution is -2.08. The lowest BCUT2D eigenvalue weighted by molar-refractivity contribution is 0.112. The van der Waals surface area contributed by atoms with Gasteiger partial charge in [0.1, 0.15) is 12.0 Å². The van der Waals surface area contributed by atoms with Crippen LogP contribution in [0, 0.1) is 0 Å². The number of methoxy groups -OCH3 is 1. The van der Waals surface area contributed by atoms with Crippen LogP contribution in [0.5, 0.6) is 5.75 Å². The first-order valence-corrected chi connectivity index (χ1v) is 10.6. The molecule has 0 saturated heterocycles. The summed E-state index contributed by atoms with van der Waals surface area (Å²) in [5, 5.41) is 6.67. The topological polar surface area (TPSA) is 41.9 Å². The third-order valence-electron chi connectivity index (χ3n) is 5.18. The summed E-state index contributed by atoms with van der Waals surface area (Å²) in [4.78, 5) is 11.1. The van der Waals surface area contributed by atoms with Gasteiger partial charge in [-0.15, -0.1) is 0 Å². The minimum Gasteiger partial charge on any atom is -0.497 e.